The van der Waals surface area contributed by atoms with Crippen LogP contribution in [0.1, 0.15) is 29.3 Å². The maximum atomic E-state index is 12.7. The van der Waals surface area contributed by atoms with Gasteiger partial charge in [-0.3, -0.25) is 4.79 Å². The van der Waals surface area contributed by atoms with Crippen molar-refractivity contribution < 1.29 is 13.2 Å². The molecule has 0 saturated carbocycles. The average molecular weight is 385 g/mol. The van der Waals surface area contributed by atoms with Crippen LogP contribution in [0.5, 0.6) is 0 Å². The monoisotopic (exact) mass is 385 g/mol. The van der Waals surface area contributed by atoms with Gasteiger partial charge in [-0.2, -0.15) is 5.26 Å². The molecule has 1 saturated heterocycles. The lowest BCUT2D eigenvalue weighted by molar-refractivity contribution is 0.0707. The van der Waals surface area contributed by atoms with Gasteiger partial charge in [-0.15, -0.1) is 0 Å². The number of nitrogens with zero attached hydrogens (tertiary/aromatic N) is 4. The van der Waals surface area contributed by atoms with Gasteiger partial charge >= 0.3 is 0 Å². The van der Waals surface area contributed by atoms with Crippen LogP contribution in [0.3, 0.4) is 0 Å². The Hall–Kier alpha value is -2.99. The van der Waals surface area contributed by atoms with Crippen LogP contribution in [0.2, 0.25) is 0 Å². The maximum absolute atomic E-state index is 12.7. The molecule has 2 heterocycles. The van der Waals surface area contributed by atoms with E-state index in [4.69, 9.17) is 5.26 Å². The van der Waals surface area contributed by atoms with Crippen molar-refractivity contribution >= 4 is 27.4 Å². The number of rotatable bonds is 5. The SMILES string of the molecule is CCN(C(=O)c1cnc(Nc2ccc(C#N)cc2)nc1)C1CCS(=O)(=O)C1. The first kappa shape index (κ1) is 18.8. The quantitative estimate of drug-likeness (QED) is 0.833. The van der Waals surface area contributed by atoms with E-state index in [-0.39, 0.29) is 23.5 Å². The van der Waals surface area contributed by atoms with Crippen LogP contribution >= 0.6 is 0 Å². The van der Waals surface area contributed by atoms with Gasteiger partial charge in [0, 0.05) is 30.7 Å². The normalized spacial score (nSPS) is 17.9. The molecule has 27 heavy (non-hydrogen) atoms. The molecule has 0 radical (unpaired) electrons. The van der Waals surface area contributed by atoms with Gasteiger partial charge < -0.3 is 10.2 Å². The van der Waals surface area contributed by atoms with Gasteiger partial charge in [-0.1, -0.05) is 0 Å². The fourth-order valence-electron chi connectivity index (χ4n) is 3.01. The molecule has 0 spiro atoms. The zero-order chi connectivity index (χ0) is 19.4. The number of aromatic nitrogens is 2. The van der Waals surface area contributed by atoms with E-state index >= 15 is 0 Å². The Morgan fingerprint density at radius 1 is 1.30 bits per heavy atom. The average Bonchev–Trinajstić information content (AvgIpc) is 3.03. The summed E-state index contributed by atoms with van der Waals surface area (Å²) in [5.74, 6) is 0.171. The van der Waals surface area contributed by atoms with E-state index in [2.05, 4.69) is 15.3 Å². The first-order valence-electron chi connectivity index (χ1n) is 8.52. The highest BCUT2D eigenvalue weighted by atomic mass is 32.2. The maximum Gasteiger partial charge on any atom is 0.257 e. The van der Waals surface area contributed by atoms with Crippen LogP contribution in [0.15, 0.2) is 36.7 Å². The largest absolute Gasteiger partial charge is 0.335 e. The molecule has 1 aromatic heterocycles. The molecule has 9 heteroatoms. The Kier molecular flexibility index (Phi) is 5.37. The molecule has 8 nitrogen and oxygen atoms in total. The van der Waals surface area contributed by atoms with Gasteiger partial charge in [-0.25, -0.2) is 18.4 Å². The van der Waals surface area contributed by atoms with Crippen molar-refractivity contribution in [2.24, 2.45) is 0 Å². The lowest BCUT2D eigenvalue weighted by atomic mass is 10.2. The summed E-state index contributed by atoms with van der Waals surface area (Å²) in [7, 11) is -3.07. The molecule has 1 unspecified atom stereocenters. The fourth-order valence-corrected chi connectivity index (χ4v) is 4.75. The first-order valence-corrected chi connectivity index (χ1v) is 10.3. The molecule has 3 rings (SSSR count). The van der Waals surface area contributed by atoms with E-state index in [9.17, 15) is 13.2 Å². The number of benzene rings is 1. The third-order valence-electron chi connectivity index (χ3n) is 4.42. The molecule has 1 atom stereocenters. The molecular weight excluding hydrogens is 366 g/mol. The second-order valence-electron chi connectivity index (χ2n) is 6.26. The van der Waals surface area contributed by atoms with Gasteiger partial charge in [-0.05, 0) is 37.6 Å². The number of carbonyl (C=O) groups is 1. The van der Waals surface area contributed by atoms with Crippen LogP contribution < -0.4 is 5.32 Å². The van der Waals surface area contributed by atoms with Crippen molar-refractivity contribution in [1.29, 1.82) is 5.26 Å². The summed E-state index contributed by atoms with van der Waals surface area (Å²) in [4.78, 5) is 22.6. The number of nitriles is 1. The molecule has 0 aliphatic carbocycles. The standard InChI is InChI=1S/C18H19N5O3S/c1-2-23(16-7-8-27(25,26)12-16)17(24)14-10-20-18(21-11-14)22-15-5-3-13(9-19)4-6-15/h3-6,10-11,16H,2,7-8,12H2,1H3,(H,20,21,22). The predicted molar refractivity (Wildman–Crippen MR) is 100 cm³/mol. The summed E-state index contributed by atoms with van der Waals surface area (Å²) in [6.07, 6.45) is 3.31. The molecule has 2 aromatic rings. The summed E-state index contributed by atoms with van der Waals surface area (Å²) in [5.41, 5.74) is 1.59. The molecule has 1 aliphatic rings. The van der Waals surface area contributed by atoms with E-state index in [1.54, 1.807) is 29.2 Å². The number of carbonyl (C=O) groups excluding carboxylic acids is 1. The third kappa shape index (κ3) is 4.41. The highest BCUT2D eigenvalue weighted by molar-refractivity contribution is 7.91. The molecule has 1 aliphatic heterocycles. The topological polar surface area (TPSA) is 116 Å². The Morgan fingerprint density at radius 2 is 1.96 bits per heavy atom. The molecule has 140 valence electrons. The van der Waals surface area contributed by atoms with Crippen molar-refractivity contribution in [2.75, 3.05) is 23.4 Å². The van der Waals surface area contributed by atoms with Crippen molar-refractivity contribution in [3.8, 4) is 6.07 Å². The van der Waals surface area contributed by atoms with Gasteiger partial charge in [0.2, 0.25) is 5.95 Å². The van der Waals surface area contributed by atoms with Crippen molar-refractivity contribution in [2.45, 2.75) is 19.4 Å². The summed E-state index contributed by atoms with van der Waals surface area (Å²) in [6.45, 7) is 2.24. The molecule has 0 bridgehead atoms. The number of nitrogens with one attached hydrogen (secondary N) is 1. The summed E-state index contributed by atoms with van der Waals surface area (Å²) >= 11 is 0. The van der Waals surface area contributed by atoms with Gasteiger partial charge in [0.1, 0.15) is 0 Å². The molecule has 1 fully saturated rings. The van der Waals surface area contributed by atoms with Crippen LogP contribution in [-0.2, 0) is 9.84 Å². The predicted octanol–water partition coefficient (Wildman–Crippen LogP) is 1.74. The second kappa shape index (κ2) is 7.72. The van der Waals surface area contributed by atoms with E-state index < -0.39 is 9.84 Å². The van der Waals surface area contributed by atoms with Crippen molar-refractivity contribution in [3.05, 3.63) is 47.8 Å². The van der Waals surface area contributed by atoms with Crippen LogP contribution in [0, 0.1) is 11.3 Å². The van der Waals surface area contributed by atoms with Crippen molar-refractivity contribution in [1.82, 2.24) is 14.9 Å². The highest BCUT2D eigenvalue weighted by Crippen LogP contribution is 2.20. The van der Waals surface area contributed by atoms with Crippen LogP contribution in [0.25, 0.3) is 0 Å². The van der Waals surface area contributed by atoms with E-state index in [1.165, 1.54) is 12.4 Å². The minimum atomic E-state index is -3.07. The molecule has 1 N–H and O–H groups in total. The van der Waals surface area contributed by atoms with Gasteiger partial charge in [0.25, 0.3) is 5.91 Å². The molecular formula is C18H19N5O3S. The van der Waals surface area contributed by atoms with Gasteiger partial charge in [0.15, 0.2) is 9.84 Å². The first-order chi connectivity index (χ1) is 12.9. The summed E-state index contributed by atoms with van der Waals surface area (Å²) in [6, 6.07) is 8.57. The molecule has 1 amide bonds. The van der Waals surface area contributed by atoms with Crippen LogP contribution in [-0.4, -0.2) is 53.3 Å². The lowest BCUT2D eigenvalue weighted by Crippen LogP contribution is -2.41. The molecule has 1 aromatic carbocycles. The third-order valence-corrected chi connectivity index (χ3v) is 6.17. The zero-order valence-electron chi connectivity index (χ0n) is 14.8. The number of sulfone groups is 1. The Labute approximate surface area is 157 Å². The number of amides is 1. The highest BCUT2D eigenvalue weighted by Gasteiger charge is 2.34. The summed E-state index contributed by atoms with van der Waals surface area (Å²) in [5, 5.41) is 11.8. The fraction of sp³-hybridized carbons (Fsp3) is 0.333. The van der Waals surface area contributed by atoms with Crippen LogP contribution in [0.4, 0.5) is 11.6 Å². The second-order valence-corrected chi connectivity index (χ2v) is 8.49. The van der Waals surface area contributed by atoms with Gasteiger partial charge in [0.05, 0.1) is 28.7 Å². The Morgan fingerprint density at radius 3 is 2.48 bits per heavy atom. The van der Waals surface area contributed by atoms with E-state index in [1.807, 2.05) is 13.0 Å². The number of hydrogen-bond donors (Lipinski definition) is 1. The zero-order valence-corrected chi connectivity index (χ0v) is 15.6. The Bertz CT molecular complexity index is 966. The van der Waals surface area contributed by atoms with E-state index in [0.717, 1.165) is 5.69 Å². The van der Waals surface area contributed by atoms with E-state index in [0.29, 0.717) is 30.0 Å². The number of hydrogen-bond acceptors (Lipinski definition) is 7. The van der Waals surface area contributed by atoms with Crippen molar-refractivity contribution in [3.63, 3.8) is 0 Å². The minimum absolute atomic E-state index is 0.00572. The number of anilines is 2. The minimum Gasteiger partial charge on any atom is -0.335 e. The summed E-state index contributed by atoms with van der Waals surface area (Å²) < 4.78 is 23.4. The lowest BCUT2D eigenvalue weighted by Gasteiger charge is -2.26. The smallest absolute Gasteiger partial charge is 0.257 e. The Balaban J connectivity index is 1.70.